The first kappa shape index (κ1) is 17.8. The number of amides is 1. The first-order valence-electron chi connectivity index (χ1n) is 8.23. The van der Waals surface area contributed by atoms with Crippen molar-refractivity contribution in [3.05, 3.63) is 35.7 Å². The van der Waals surface area contributed by atoms with Gasteiger partial charge in [-0.2, -0.15) is 0 Å². The lowest BCUT2D eigenvalue weighted by molar-refractivity contribution is -0.134. The van der Waals surface area contributed by atoms with Crippen molar-refractivity contribution in [2.45, 2.75) is 19.1 Å². The Morgan fingerprint density at radius 2 is 1.80 bits per heavy atom. The summed E-state index contributed by atoms with van der Waals surface area (Å²) in [4.78, 5) is 22.6. The van der Waals surface area contributed by atoms with Crippen LogP contribution in [0.3, 0.4) is 0 Å². The molecule has 134 valence electrons. The maximum absolute atomic E-state index is 12.4. The zero-order valence-electron chi connectivity index (χ0n) is 14.1. The molecule has 0 atom stereocenters. The number of hydrogen-bond acceptors (Lipinski definition) is 6. The summed E-state index contributed by atoms with van der Waals surface area (Å²) in [6, 6.07) is 7.35. The fourth-order valence-corrected chi connectivity index (χ4v) is 4.08. The van der Waals surface area contributed by atoms with Crippen molar-refractivity contribution in [2.75, 3.05) is 32.1 Å². The third kappa shape index (κ3) is 4.52. The van der Waals surface area contributed by atoms with Crippen molar-refractivity contribution < 1.29 is 17.9 Å². The molecule has 0 aliphatic carbocycles. The molecular weight excluding hydrogens is 342 g/mol. The molecule has 3 rings (SSSR count). The first-order chi connectivity index (χ1) is 11.9. The smallest absolute Gasteiger partial charge is 0.223 e. The van der Waals surface area contributed by atoms with E-state index >= 15 is 0 Å². The third-order valence-electron chi connectivity index (χ3n) is 4.19. The van der Waals surface area contributed by atoms with Crippen LogP contribution in [0.2, 0.25) is 0 Å². The van der Waals surface area contributed by atoms with Crippen LogP contribution in [0.25, 0.3) is 11.0 Å². The van der Waals surface area contributed by atoms with Crippen molar-refractivity contribution in [3.63, 3.8) is 0 Å². The maximum atomic E-state index is 12.4. The molecule has 1 aliphatic rings. The van der Waals surface area contributed by atoms with E-state index < -0.39 is 9.84 Å². The number of carbonyl (C=O) groups excluding carboxylic acids is 1. The molecule has 7 nitrogen and oxygen atoms in total. The average molecular weight is 363 g/mol. The summed E-state index contributed by atoms with van der Waals surface area (Å²) in [7, 11) is -3.44. The fraction of sp³-hybridized carbons (Fsp3) is 0.471. The summed E-state index contributed by atoms with van der Waals surface area (Å²) in [5.74, 6) is -0.530. The number of morpholine rings is 1. The van der Waals surface area contributed by atoms with Crippen molar-refractivity contribution in [1.29, 1.82) is 0 Å². The van der Waals surface area contributed by atoms with E-state index in [1.54, 1.807) is 17.9 Å². The number of benzene rings is 1. The van der Waals surface area contributed by atoms with Gasteiger partial charge in [0, 0.05) is 19.5 Å². The average Bonchev–Trinajstić information content (AvgIpc) is 2.61. The van der Waals surface area contributed by atoms with E-state index in [2.05, 4.69) is 9.97 Å². The number of fused-ring (bicyclic) bond motifs is 1. The molecule has 1 aliphatic heterocycles. The molecule has 25 heavy (non-hydrogen) atoms. The summed E-state index contributed by atoms with van der Waals surface area (Å²) in [5, 5.41) is 0. The van der Waals surface area contributed by atoms with Crippen molar-refractivity contribution in [2.24, 2.45) is 0 Å². The molecule has 2 heterocycles. The second kappa shape index (κ2) is 7.45. The van der Waals surface area contributed by atoms with E-state index in [0.29, 0.717) is 43.2 Å². The van der Waals surface area contributed by atoms with Crippen LogP contribution in [0.1, 0.15) is 17.8 Å². The highest BCUT2D eigenvalue weighted by Crippen LogP contribution is 2.15. The van der Waals surface area contributed by atoms with Gasteiger partial charge < -0.3 is 9.64 Å². The van der Waals surface area contributed by atoms with Crippen LogP contribution in [0.4, 0.5) is 0 Å². The molecule has 0 radical (unpaired) electrons. The van der Waals surface area contributed by atoms with Gasteiger partial charge in [0.1, 0.15) is 0 Å². The van der Waals surface area contributed by atoms with Crippen molar-refractivity contribution in [3.8, 4) is 0 Å². The van der Waals surface area contributed by atoms with Crippen LogP contribution in [-0.2, 0) is 25.1 Å². The predicted octanol–water partition coefficient (Wildman–Crippen LogP) is 1.10. The van der Waals surface area contributed by atoms with Gasteiger partial charge in [-0.15, -0.1) is 0 Å². The molecule has 0 N–H and O–H groups in total. The second-order valence-electron chi connectivity index (χ2n) is 6.08. The van der Waals surface area contributed by atoms with Crippen LogP contribution in [-0.4, -0.2) is 61.2 Å². The Hall–Kier alpha value is -2.06. The monoisotopic (exact) mass is 363 g/mol. The van der Waals surface area contributed by atoms with Gasteiger partial charge >= 0.3 is 0 Å². The van der Waals surface area contributed by atoms with Crippen LogP contribution in [0.5, 0.6) is 0 Å². The van der Waals surface area contributed by atoms with Crippen LogP contribution < -0.4 is 0 Å². The van der Waals surface area contributed by atoms with Gasteiger partial charge in [0.2, 0.25) is 5.91 Å². The van der Waals surface area contributed by atoms with Gasteiger partial charge in [0.05, 0.1) is 47.1 Å². The molecule has 0 bridgehead atoms. The molecule has 0 spiro atoms. The Bertz CT molecular complexity index is 877. The number of nitrogens with zero attached hydrogens (tertiary/aromatic N) is 3. The van der Waals surface area contributed by atoms with Gasteiger partial charge in [-0.1, -0.05) is 12.1 Å². The topological polar surface area (TPSA) is 89.5 Å². The number of aryl methyl sites for hydroxylation is 1. The zero-order valence-corrected chi connectivity index (χ0v) is 15.0. The number of sulfone groups is 1. The van der Waals surface area contributed by atoms with E-state index in [-0.39, 0.29) is 23.8 Å². The molecule has 2 aromatic rings. The zero-order chi connectivity index (χ0) is 17.9. The quantitative estimate of drug-likeness (QED) is 0.790. The largest absolute Gasteiger partial charge is 0.378 e. The van der Waals surface area contributed by atoms with Gasteiger partial charge in [-0.25, -0.2) is 18.4 Å². The number of aromatic nitrogens is 2. The molecule has 0 unspecified atom stereocenters. The minimum absolute atomic E-state index is 0.0115. The standard InChI is InChI=1S/C17H21N3O4S/c1-13-16(19-15-5-3-2-4-14(15)18-13)12-25(22,23)11-6-17(21)20-7-9-24-10-8-20/h2-5H,6-12H2,1H3. The highest BCUT2D eigenvalue weighted by atomic mass is 32.2. The van der Waals surface area contributed by atoms with Crippen LogP contribution >= 0.6 is 0 Å². The summed E-state index contributed by atoms with van der Waals surface area (Å²) in [6.45, 7) is 3.81. The Balaban J connectivity index is 1.66. The molecule has 1 aromatic heterocycles. The Kier molecular flexibility index (Phi) is 5.29. The second-order valence-corrected chi connectivity index (χ2v) is 8.26. The van der Waals surface area contributed by atoms with Gasteiger partial charge in [-0.05, 0) is 19.1 Å². The first-order valence-corrected chi connectivity index (χ1v) is 10.0. The highest BCUT2D eigenvalue weighted by Gasteiger charge is 2.21. The van der Waals surface area contributed by atoms with Crippen molar-refractivity contribution in [1.82, 2.24) is 14.9 Å². The third-order valence-corrected chi connectivity index (χ3v) is 5.73. The number of para-hydroxylation sites is 2. The lowest BCUT2D eigenvalue weighted by Gasteiger charge is -2.26. The summed E-state index contributed by atoms with van der Waals surface area (Å²) < 4.78 is 30.0. The molecular formula is C17H21N3O4S. The number of rotatable bonds is 5. The number of carbonyl (C=O) groups is 1. The van der Waals surface area contributed by atoms with Gasteiger partial charge in [-0.3, -0.25) is 4.79 Å². The summed E-state index contributed by atoms with van der Waals surface area (Å²) >= 11 is 0. The molecule has 1 amide bonds. The van der Waals surface area contributed by atoms with Gasteiger partial charge in [0.25, 0.3) is 0 Å². The Labute approximate surface area is 146 Å². The molecule has 1 saturated heterocycles. The Morgan fingerprint density at radius 1 is 1.16 bits per heavy atom. The maximum Gasteiger partial charge on any atom is 0.223 e. The van der Waals surface area contributed by atoms with E-state index in [0.717, 1.165) is 5.52 Å². The fourth-order valence-electron chi connectivity index (χ4n) is 2.76. The highest BCUT2D eigenvalue weighted by molar-refractivity contribution is 7.90. The lowest BCUT2D eigenvalue weighted by Crippen LogP contribution is -2.41. The number of hydrogen-bond donors (Lipinski definition) is 0. The normalized spacial score (nSPS) is 15.5. The molecule has 0 saturated carbocycles. The van der Waals surface area contributed by atoms with Crippen LogP contribution in [0.15, 0.2) is 24.3 Å². The Morgan fingerprint density at radius 3 is 2.48 bits per heavy atom. The number of ether oxygens (including phenoxy) is 1. The van der Waals surface area contributed by atoms with Crippen LogP contribution in [0, 0.1) is 6.92 Å². The minimum atomic E-state index is -3.44. The summed E-state index contributed by atoms with van der Waals surface area (Å²) in [5.41, 5.74) is 2.45. The van der Waals surface area contributed by atoms with E-state index in [9.17, 15) is 13.2 Å². The molecule has 8 heteroatoms. The SMILES string of the molecule is Cc1nc2ccccc2nc1CS(=O)(=O)CCC(=O)N1CCOCC1. The van der Waals surface area contributed by atoms with Crippen molar-refractivity contribution >= 4 is 26.8 Å². The van der Waals surface area contributed by atoms with Gasteiger partial charge in [0.15, 0.2) is 9.84 Å². The molecule has 1 fully saturated rings. The van der Waals surface area contributed by atoms with E-state index in [4.69, 9.17) is 4.74 Å². The lowest BCUT2D eigenvalue weighted by atomic mass is 10.2. The molecule has 1 aromatic carbocycles. The van der Waals surface area contributed by atoms with E-state index in [1.807, 2.05) is 18.2 Å². The minimum Gasteiger partial charge on any atom is -0.378 e. The predicted molar refractivity (Wildman–Crippen MR) is 93.8 cm³/mol. The summed E-state index contributed by atoms with van der Waals surface area (Å²) in [6.07, 6.45) is -0.0115. The van der Waals surface area contributed by atoms with E-state index in [1.165, 1.54) is 0 Å².